The Morgan fingerprint density at radius 3 is 2.69 bits per heavy atom. The summed E-state index contributed by atoms with van der Waals surface area (Å²) in [6.45, 7) is 0. The number of rotatable bonds is 1. The van der Waals surface area contributed by atoms with Crippen molar-refractivity contribution >= 4 is 64.9 Å². The van der Waals surface area contributed by atoms with Crippen LogP contribution in [0.1, 0.15) is 10.4 Å². The van der Waals surface area contributed by atoms with Gasteiger partial charge in [0.2, 0.25) is 0 Å². The molecule has 0 unspecified atom stereocenters. The Morgan fingerprint density at radius 1 is 1.31 bits per heavy atom. The van der Waals surface area contributed by atoms with Crippen molar-refractivity contribution in [3.8, 4) is 5.75 Å². The van der Waals surface area contributed by atoms with Crippen LogP contribution < -0.4 is 4.18 Å². The van der Waals surface area contributed by atoms with Gasteiger partial charge in [-0.1, -0.05) is 46.9 Å². The minimum Gasteiger partial charge on any atom is -0.404 e. The number of fused-ring (bicyclic) bond motifs is 1. The van der Waals surface area contributed by atoms with Gasteiger partial charge >= 0.3 is 0 Å². The maximum absolute atomic E-state index is 11.9. The van der Waals surface area contributed by atoms with E-state index in [1.54, 1.807) is 24.3 Å². The third-order valence-corrected chi connectivity index (χ3v) is 3.79. The number of carbonyl (C=O) groups is 1. The van der Waals surface area contributed by atoms with Gasteiger partial charge < -0.3 is 4.18 Å². The van der Waals surface area contributed by atoms with Crippen LogP contribution in [0.3, 0.4) is 0 Å². The van der Waals surface area contributed by atoms with Crippen LogP contribution in [0.4, 0.5) is 0 Å². The van der Waals surface area contributed by atoms with Gasteiger partial charge in [0.15, 0.2) is 18.0 Å². The number of alkyl halides is 3. The van der Waals surface area contributed by atoms with Crippen molar-refractivity contribution in [2.24, 2.45) is 0 Å². The molecule has 0 fully saturated rings. The molecule has 0 atom stereocenters. The summed E-state index contributed by atoms with van der Waals surface area (Å²) in [5, 5.41) is 0. The number of hydrogen-bond donors (Lipinski definition) is 0. The van der Waals surface area contributed by atoms with Gasteiger partial charge in [0, 0.05) is 11.9 Å². The molecule has 1 amide bonds. The van der Waals surface area contributed by atoms with E-state index in [-0.39, 0.29) is 5.91 Å². The number of amides is 1. The largest absolute Gasteiger partial charge is 0.404 e. The third kappa shape index (κ3) is 2.84. The minimum atomic E-state index is -1.60. The smallest absolute Gasteiger partial charge is 0.280 e. The first kappa shape index (κ1) is 12.5. The van der Waals surface area contributed by atoms with E-state index in [0.29, 0.717) is 11.3 Å². The average molecular weight is 317 g/mol. The molecule has 0 saturated carbocycles. The van der Waals surface area contributed by atoms with E-state index in [4.69, 9.17) is 39.0 Å². The fraction of sp³-hybridized carbons (Fsp3) is 0.125. The quantitative estimate of drug-likeness (QED) is 0.444. The molecule has 1 heterocycles. The number of carbonyl (C=O) groups excluding carboxylic acids is 1. The lowest BCUT2D eigenvalue weighted by Crippen LogP contribution is -2.25. The van der Waals surface area contributed by atoms with Gasteiger partial charge in [-0.2, -0.15) is 3.71 Å². The molecule has 1 aromatic rings. The van der Waals surface area contributed by atoms with E-state index >= 15 is 0 Å². The number of halogens is 3. The van der Waals surface area contributed by atoms with Gasteiger partial charge in [-0.15, -0.1) is 0 Å². The summed E-state index contributed by atoms with van der Waals surface area (Å²) in [5.74, 6) is 0.252. The highest BCUT2D eigenvalue weighted by molar-refractivity contribution is 8.13. The van der Waals surface area contributed by atoms with Crippen molar-refractivity contribution in [3.05, 3.63) is 29.8 Å². The van der Waals surface area contributed by atoms with Gasteiger partial charge in [-0.05, 0) is 12.1 Å². The summed E-state index contributed by atoms with van der Waals surface area (Å²) < 4.78 is 4.87. The molecule has 1 aliphatic heterocycles. The average Bonchev–Trinajstić information content (AvgIpc) is 2.21. The summed E-state index contributed by atoms with van der Waals surface area (Å²) in [6, 6.07) is 6.89. The lowest BCUT2D eigenvalue weighted by atomic mass is 10.2. The third-order valence-electron chi connectivity index (χ3n) is 1.66. The highest BCUT2D eigenvalue weighted by Gasteiger charge is 2.34. The predicted octanol–water partition coefficient (Wildman–Crippen LogP) is 4.06. The number of nitrogens with zero attached hydrogens (tertiary/aromatic N) is 1. The molecule has 0 aromatic heterocycles. The second kappa shape index (κ2) is 4.74. The summed E-state index contributed by atoms with van der Waals surface area (Å²) in [7, 11) is 0. The molecule has 3 nitrogen and oxygen atoms in total. The number of hydrogen-bond acceptors (Lipinski definition) is 4. The van der Waals surface area contributed by atoms with Crippen molar-refractivity contribution < 1.29 is 8.98 Å². The van der Waals surface area contributed by atoms with E-state index in [2.05, 4.69) is 0 Å². The standard InChI is InChI=1S/C8H4Cl3NO2S2/c9-8(10,11)15-12-7(13)5-3-1-2-4-6(5)14-16-12/h1-4H. The van der Waals surface area contributed by atoms with E-state index in [0.717, 1.165) is 24.2 Å². The van der Waals surface area contributed by atoms with Crippen molar-refractivity contribution in [2.45, 2.75) is 3.12 Å². The van der Waals surface area contributed by atoms with E-state index in [1.807, 2.05) is 0 Å². The second-order valence-electron chi connectivity index (χ2n) is 2.75. The predicted molar refractivity (Wildman–Crippen MR) is 68.7 cm³/mol. The van der Waals surface area contributed by atoms with Crippen molar-refractivity contribution in [2.75, 3.05) is 0 Å². The highest BCUT2D eigenvalue weighted by atomic mass is 35.6. The van der Waals surface area contributed by atoms with Crippen LogP contribution in [-0.2, 0) is 0 Å². The summed E-state index contributed by atoms with van der Waals surface area (Å²) in [5.41, 5.74) is 0.447. The van der Waals surface area contributed by atoms with Gasteiger partial charge in [-0.25, -0.2) is 0 Å². The molecule has 0 N–H and O–H groups in total. The van der Waals surface area contributed by atoms with E-state index in [1.165, 1.54) is 3.71 Å². The first-order valence-corrected chi connectivity index (χ1v) is 6.62. The lowest BCUT2D eigenvalue weighted by Gasteiger charge is -2.26. The Morgan fingerprint density at radius 2 is 2.00 bits per heavy atom. The van der Waals surface area contributed by atoms with Crippen LogP contribution in [0.5, 0.6) is 5.75 Å². The maximum atomic E-state index is 11.9. The summed E-state index contributed by atoms with van der Waals surface area (Å²) in [6.07, 6.45) is 0. The second-order valence-corrected chi connectivity index (χ2v) is 7.78. The maximum Gasteiger partial charge on any atom is 0.280 e. The van der Waals surface area contributed by atoms with Crippen LogP contribution >= 0.6 is 59.0 Å². The molecule has 0 bridgehead atoms. The topological polar surface area (TPSA) is 29.5 Å². The SMILES string of the molecule is O=C1c2ccccc2OSN1SC(Cl)(Cl)Cl. The molecular formula is C8H4Cl3NO2S2. The Labute approximate surface area is 116 Å². The van der Waals surface area contributed by atoms with Gasteiger partial charge in [0.25, 0.3) is 9.03 Å². The first-order valence-electron chi connectivity index (χ1n) is 4.01. The zero-order chi connectivity index (χ0) is 11.8. The first-order chi connectivity index (χ1) is 7.47. The molecule has 16 heavy (non-hydrogen) atoms. The minimum absolute atomic E-state index is 0.261. The van der Waals surface area contributed by atoms with Gasteiger partial charge in [0.1, 0.15) is 0 Å². The van der Waals surface area contributed by atoms with Crippen molar-refractivity contribution in [3.63, 3.8) is 0 Å². The fourth-order valence-electron chi connectivity index (χ4n) is 1.07. The summed E-state index contributed by atoms with van der Waals surface area (Å²) in [4.78, 5) is 11.9. The molecular weight excluding hydrogens is 313 g/mol. The normalized spacial score (nSPS) is 15.7. The fourth-order valence-corrected chi connectivity index (χ4v) is 3.44. The number of para-hydroxylation sites is 1. The molecule has 8 heteroatoms. The van der Waals surface area contributed by atoms with Crippen LogP contribution in [0.25, 0.3) is 0 Å². The molecule has 0 aliphatic carbocycles. The highest BCUT2D eigenvalue weighted by Crippen LogP contribution is 2.46. The van der Waals surface area contributed by atoms with E-state index in [9.17, 15) is 4.79 Å². The summed E-state index contributed by atoms with van der Waals surface area (Å²) >= 11 is 18.4. The van der Waals surface area contributed by atoms with Crippen LogP contribution in [0.2, 0.25) is 0 Å². The molecule has 2 rings (SSSR count). The number of benzene rings is 1. The van der Waals surface area contributed by atoms with Crippen LogP contribution in [-0.4, -0.2) is 12.7 Å². The van der Waals surface area contributed by atoms with Gasteiger partial charge in [-0.3, -0.25) is 4.79 Å². The van der Waals surface area contributed by atoms with Crippen molar-refractivity contribution in [1.29, 1.82) is 0 Å². The molecule has 0 spiro atoms. The van der Waals surface area contributed by atoms with Crippen LogP contribution in [0, 0.1) is 0 Å². The molecule has 1 aromatic carbocycles. The lowest BCUT2D eigenvalue weighted by molar-refractivity contribution is 0.0923. The van der Waals surface area contributed by atoms with E-state index < -0.39 is 3.12 Å². The Hall–Kier alpha value is 0.0600. The molecule has 86 valence electrons. The Balaban J connectivity index is 2.22. The van der Waals surface area contributed by atoms with Crippen LogP contribution in [0.15, 0.2) is 24.3 Å². The Kier molecular flexibility index (Phi) is 3.71. The molecule has 0 radical (unpaired) electrons. The van der Waals surface area contributed by atoms with Gasteiger partial charge in [0.05, 0.1) is 5.56 Å². The molecule has 1 aliphatic rings. The Bertz CT molecular complexity index is 424. The zero-order valence-electron chi connectivity index (χ0n) is 7.52. The monoisotopic (exact) mass is 315 g/mol. The zero-order valence-corrected chi connectivity index (χ0v) is 11.4. The molecule has 0 saturated heterocycles. The van der Waals surface area contributed by atoms with Crippen molar-refractivity contribution in [1.82, 2.24) is 3.71 Å².